The van der Waals surface area contributed by atoms with Crippen molar-refractivity contribution in [2.24, 2.45) is 5.84 Å². The van der Waals surface area contributed by atoms with Gasteiger partial charge in [-0.05, 0) is 12.1 Å². The first-order chi connectivity index (χ1) is 9.40. The molecule has 0 bridgehead atoms. The highest BCUT2D eigenvalue weighted by atomic mass is 15.4. The van der Waals surface area contributed by atoms with Gasteiger partial charge in [0.25, 0.3) is 0 Å². The molecule has 96 valence electrons. The number of hydrazine groups is 1. The van der Waals surface area contributed by atoms with Gasteiger partial charge in [0, 0.05) is 12.4 Å². The second-order valence-electron chi connectivity index (χ2n) is 3.98. The fraction of sp³-hybridized carbons (Fsp3) is 0.0833. The molecule has 19 heavy (non-hydrogen) atoms. The molecular formula is C12H13N7. The highest BCUT2D eigenvalue weighted by molar-refractivity contribution is 5.33. The molecule has 2 heterocycles. The van der Waals surface area contributed by atoms with Gasteiger partial charge in [-0.15, -0.1) is 5.10 Å². The Morgan fingerprint density at radius 1 is 1.26 bits per heavy atom. The van der Waals surface area contributed by atoms with Gasteiger partial charge in [0.15, 0.2) is 0 Å². The summed E-state index contributed by atoms with van der Waals surface area (Å²) in [5.41, 5.74) is 4.45. The van der Waals surface area contributed by atoms with E-state index in [0.29, 0.717) is 5.82 Å². The lowest BCUT2D eigenvalue weighted by atomic mass is 10.2. The molecular weight excluding hydrogens is 242 g/mol. The Labute approximate surface area is 109 Å². The predicted molar refractivity (Wildman–Crippen MR) is 69.1 cm³/mol. The van der Waals surface area contributed by atoms with E-state index in [9.17, 15) is 0 Å². The first kappa shape index (κ1) is 11.6. The third-order valence-electron chi connectivity index (χ3n) is 2.83. The summed E-state index contributed by atoms with van der Waals surface area (Å²) in [5.74, 6) is 6.33. The van der Waals surface area contributed by atoms with Crippen molar-refractivity contribution >= 4 is 0 Å². The summed E-state index contributed by atoms with van der Waals surface area (Å²) in [4.78, 5) is 7.24. The molecule has 3 rings (SSSR count). The number of hydrogen-bond acceptors (Lipinski definition) is 5. The Kier molecular flexibility index (Phi) is 3.05. The minimum absolute atomic E-state index is 0.301. The molecule has 4 N–H and O–H groups in total. The lowest BCUT2D eigenvalue weighted by Crippen LogP contribution is -2.31. The van der Waals surface area contributed by atoms with Gasteiger partial charge in [0.2, 0.25) is 0 Å². The number of imidazole rings is 1. The molecule has 1 aromatic carbocycles. The number of hydrogen-bond donors (Lipinski definition) is 3. The van der Waals surface area contributed by atoms with Crippen LogP contribution in [0.2, 0.25) is 0 Å². The molecule has 0 spiro atoms. The average Bonchev–Trinajstić information content (AvgIpc) is 3.12. The summed E-state index contributed by atoms with van der Waals surface area (Å²) >= 11 is 0. The number of rotatable bonds is 4. The third-order valence-corrected chi connectivity index (χ3v) is 2.83. The van der Waals surface area contributed by atoms with Gasteiger partial charge >= 0.3 is 0 Å². The van der Waals surface area contributed by atoms with Gasteiger partial charge in [0.05, 0.1) is 17.6 Å². The number of benzene rings is 1. The Morgan fingerprint density at radius 2 is 2.11 bits per heavy atom. The van der Waals surface area contributed by atoms with Crippen LogP contribution in [-0.2, 0) is 0 Å². The van der Waals surface area contributed by atoms with Gasteiger partial charge in [-0.3, -0.25) is 5.84 Å². The molecule has 0 saturated carbocycles. The summed E-state index contributed by atoms with van der Waals surface area (Å²) in [6.45, 7) is 0. The minimum Gasteiger partial charge on any atom is -0.347 e. The molecule has 0 saturated heterocycles. The van der Waals surface area contributed by atoms with Crippen LogP contribution in [0.4, 0.5) is 0 Å². The van der Waals surface area contributed by atoms with Crippen LogP contribution >= 0.6 is 0 Å². The van der Waals surface area contributed by atoms with E-state index in [2.05, 4.69) is 25.7 Å². The molecule has 2 aromatic heterocycles. The lowest BCUT2D eigenvalue weighted by molar-refractivity contribution is 0.572. The van der Waals surface area contributed by atoms with Crippen molar-refractivity contribution in [3.63, 3.8) is 0 Å². The predicted octanol–water partition coefficient (Wildman–Crippen LogP) is 0.543. The molecule has 0 radical (unpaired) electrons. The van der Waals surface area contributed by atoms with Crippen LogP contribution in [0.3, 0.4) is 0 Å². The number of aromatic amines is 1. The molecule has 1 unspecified atom stereocenters. The molecule has 7 nitrogen and oxygen atoms in total. The van der Waals surface area contributed by atoms with Crippen LogP contribution in [0.25, 0.3) is 5.69 Å². The topological polar surface area (TPSA) is 97.4 Å². The molecule has 0 aliphatic rings. The lowest BCUT2D eigenvalue weighted by Gasteiger charge is -2.14. The van der Waals surface area contributed by atoms with E-state index in [0.717, 1.165) is 11.4 Å². The normalized spacial score (nSPS) is 12.5. The zero-order chi connectivity index (χ0) is 13.1. The summed E-state index contributed by atoms with van der Waals surface area (Å²) in [5, 5.41) is 8.05. The zero-order valence-corrected chi connectivity index (χ0v) is 10.1. The minimum atomic E-state index is -0.301. The van der Waals surface area contributed by atoms with E-state index in [1.165, 1.54) is 0 Å². The fourth-order valence-corrected chi connectivity index (χ4v) is 1.95. The summed E-state index contributed by atoms with van der Waals surface area (Å²) in [7, 11) is 0. The van der Waals surface area contributed by atoms with Crippen LogP contribution in [-0.4, -0.2) is 25.0 Å². The Morgan fingerprint density at radius 3 is 2.79 bits per heavy atom. The van der Waals surface area contributed by atoms with Gasteiger partial charge in [-0.25, -0.2) is 15.1 Å². The molecule has 7 heteroatoms. The molecule has 0 fully saturated rings. The Bertz CT molecular complexity index is 629. The molecule has 0 amide bonds. The average molecular weight is 255 g/mol. The van der Waals surface area contributed by atoms with Crippen LogP contribution in [0.15, 0.2) is 48.9 Å². The van der Waals surface area contributed by atoms with E-state index < -0.39 is 0 Å². The number of nitrogens with one attached hydrogen (secondary N) is 2. The number of nitrogens with two attached hydrogens (primary N) is 1. The fourth-order valence-electron chi connectivity index (χ4n) is 1.95. The Balaban J connectivity index is 2.04. The SMILES string of the molecule is NNC(c1ncc[nH]1)c1cnnn1-c1ccccc1. The third kappa shape index (κ3) is 2.12. The van der Waals surface area contributed by atoms with E-state index in [-0.39, 0.29) is 6.04 Å². The molecule has 0 aliphatic heterocycles. The van der Waals surface area contributed by atoms with Crippen molar-refractivity contribution in [1.82, 2.24) is 30.4 Å². The van der Waals surface area contributed by atoms with Gasteiger partial charge in [0.1, 0.15) is 11.9 Å². The smallest absolute Gasteiger partial charge is 0.130 e. The standard InChI is InChI=1S/C12H13N7/c13-17-11(12-14-6-7-15-12)10-8-16-18-19(10)9-4-2-1-3-5-9/h1-8,11,17H,13H2,(H,14,15). The summed E-state index contributed by atoms with van der Waals surface area (Å²) < 4.78 is 1.73. The van der Waals surface area contributed by atoms with Crippen LogP contribution in [0.5, 0.6) is 0 Å². The highest BCUT2D eigenvalue weighted by Crippen LogP contribution is 2.19. The second-order valence-corrected chi connectivity index (χ2v) is 3.98. The van der Waals surface area contributed by atoms with E-state index in [1.54, 1.807) is 23.3 Å². The monoisotopic (exact) mass is 255 g/mol. The Hall–Kier alpha value is -2.51. The van der Waals surface area contributed by atoms with Crippen molar-refractivity contribution in [3.05, 3.63) is 60.4 Å². The zero-order valence-electron chi connectivity index (χ0n) is 10.1. The largest absolute Gasteiger partial charge is 0.347 e. The maximum Gasteiger partial charge on any atom is 0.130 e. The number of aromatic nitrogens is 5. The van der Waals surface area contributed by atoms with Crippen molar-refractivity contribution in [2.45, 2.75) is 6.04 Å². The highest BCUT2D eigenvalue weighted by Gasteiger charge is 2.20. The molecule has 1 atom stereocenters. The first-order valence-electron chi connectivity index (χ1n) is 5.81. The van der Waals surface area contributed by atoms with E-state index >= 15 is 0 Å². The number of nitrogens with zero attached hydrogens (tertiary/aromatic N) is 4. The number of para-hydroxylation sites is 1. The van der Waals surface area contributed by atoms with Crippen molar-refractivity contribution in [3.8, 4) is 5.69 Å². The maximum absolute atomic E-state index is 5.62. The summed E-state index contributed by atoms with van der Waals surface area (Å²) in [6.07, 6.45) is 5.09. The number of H-pyrrole nitrogens is 1. The van der Waals surface area contributed by atoms with Crippen LogP contribution < -0.4 is 11.3 Å². The van der Waals surface area contributed by atoms with E-state index in [4.69, 9.17) is 5.84 Å². The van der Waals surface area contributed by atoms with E-state index in [1.807, 2.05) is 30.3 Å². The first-order valence-corrected chi connectivity index (χ1v) is 5.81. The van der Waals surface area contributed by atoms with Crippen LogP contribution in [0.1, 0.15) is 17.6 Å². The van der Waals surface area contributed by atoms with Gasteiger partial charge in [-0.1, -0.05) is 23.4 Å². The molecule has 3 aromatic rings. The van der Waals surface area contributed by atoms with Crippen LogP contribution in [0, 0.1) is 0 Å². The second kappa shape index (κ2) is 5.01. The van der Waals surface area contributed by atoms with Crippen molar-refractivity contribution in [1.29, 1.82) is 0 Å². The van der Waals surface area contributed by atoms with Crippen molar-refractivity contribution < 1.29 is 0 Å². The summed E-state index contributed by atoms with van der Waals surface area (Å²) in [6, 6.07) is 9.44. The van der Waals surface area contributed by atoms with Gasteiger partial charge in [-0.2, -0.15) is 0 Å². The molecule has 0 aliphatic carbocycles. The van der Waals surface area contributed by atoms with Crippen molar-refractivity contribution in [2.75, 3.05) is 0 Å². The maximum atomic E-state index is 5.62. The van der Waals surface area contributed by atoms with Gasteiger partial charge < -0.3 is 4.98 Å². The quantitative estimate of drug-likeness (QED) is 0.467.